The first-order chi connectivity index (χ1) is 19.6. The fraction of sp³-hybridized carbons (Fsp3) is 0.290. The van der Waals surface area contributed by atoms with Gasteiger partial charge >= 0.3 is 6.18 Å². The van der Waals surface area contributed by atoms with Crippen LogP contribution >= 0.6 is 0 Å². The summed E-state index contributed by atoms with van der Waals surface area (Å²) in [5, 5.41) is 5.93. The van der Waals surface area contributed by atoms with Crippen LogP contribution in [0.15, 0.2) is 83.9 Å². The molecule has 3 aromatic rings. The van der Waals surface area contributed by atoms with Gasteiger partial charge in [-0.2, -0.15) is 13.2 Å². The molecule has 2 N–H and O–H groups in total. The number of anilines is 2. The van der Waals surface area contributed by atoms with E-state index in [9.17, 15) is 27.6 Å². The Morgan fingerprint density at radius 1 is 1.02 bits per heavy atom. The lowest BCUT2D eigenvalue weighted by Crippen LogP contribution is -2.51. The molecule has 0 aliphatic carbocycles. The molecule has 2 aliphatic rings. The third-order valence-electron chi connectivity index (χ3n) is 7.37. The molecule has 5 rings (SSSR count). The number of hydrogen-bond donors (Lipinski definition) is 2. The van der Waals surface area contributed by atoms with Crippen molar-refractivity contribution in [3.8, 4) is 0 Å². The summed E-state index contributed by atoms with van der Waals surface area (Å²) in [6, 6.07) is 23.0. The first-order valence-corrected chi connectivity index (χ1v) is 13.4. The second-order valence-corrected chi connectivity index (χ2v) is 10.1. The van der Waals surface area contributed by atoms with Crippen LogP contribution in [0.25, 0.3) is 0 Å². The summed E-state index contributed by atoms with van der Waals surface area (Å²) in [4.78, 5) is 46.7. The number of benzene rings is 3. The lowest BCUT2D eigenvalue weighted by molar-refractivity contribution is -0.144. The minimum Gasteiger partial charge on any atom is -0.382 e. The molecular weight excluding hydrogens is 533 g/mol. The monoisotopic (exact) mass is 562 g/mol. The average molecular weight is 563 g/mol. The number of hydrogen-bond acceptors (Lipinski definition) is 5. The highest BCUT2D eigenvalue weighted by Crippen LogP contribution is 2.38. The van der Waals surface area contributed by atoms with Gasteiger partial charge in [0.1, 0.15) is 5.78 Å². The van der Waals surface area contributed by atoms with Gasteiger partial charge in [0.15, 0.2) is 0 Å². The second kappa shape index (κ2) is 11.6. The van der Waals surface area contributed by atoms with E-state index in [-0.39, 0.29) is 0 Å². The van der Waals surface area contributed by atoms with E-state index < -0.39 is 54.6 Å². The summed E-state index contributed by atoms with van der Waals surface area (Å²) in [7, 11) is 0. The van der Waals surface area contributed by atoms with Crippen LogP contribution in [0.5, 0.6) is 0 Å². The van der Waals surface area contributed by atoms with Gasteiger partial charge in [-0.3, -0.25) is 14.4 Å². The Bertz CT molecular complexity index is 1470. The van der Waals surface area contributed by atoms with Crippen molar-refractivity contribution >= 4 is 34.7 Å². The number of alkyl halides is 3. The van der Waals surface area contributed by atoms with Gasteiger partial charge < -0.3 is 15.5 Å². The third-order valence-corrected chi connectivity index (χ3v) is 7.37. The molecule has 0 fully saturated rings. The molecule has 2 aliphatic heterocycles. The number of para-hydroxylation sites is 1. The van der Waals surface area contributed by atoms with E-state index in [1.165, 1.54) is 6.92 Å². The van der Waals surface area contributed by atoms with Gasteiger partial charge in [0.25, 0.3) is 5.91 Å². The Hall–Kier alpha value is -4.47. The third kappa shape index (κ3) is 6.01. The molecule has 2 heterocycles. The van der Waals surface area contributed by atoms with Crippen LogP contribution in [0.4, 0.5) is 24.5 Å². The van der Waals surface area contributed by atoms with E-state index in [0.29, 0.717) is 41.2 Å². The molecule has 0 spiro atoms. The molecule has 212 valence electrons. The molecule has 0 aromatic heterocycles. The maximum Gasteiger partial charge on any atom is 0.389 e. The highest BCUT2D eigenvalue weighted by molar-refractivity contribution is 6.22. The Balaban J connectivity index is 1.56. The van der Waals surface area contributed by atoms with Gasteiger partial charge in [-0.05, 0) is 25.0 Å². The van der Waals surface area contributed by atoms with E-state index in [0.717, 1.165) is 5.69 Å². The molecule has 0 saturated carbocycles. The predicted molar refractivity (Wildman–Crippen MR) is 150 cm³/mol. The summed E-state index contributed by atoms with van der Waals surface area (Å²) in [6.07, 6.45) is -7.83. The van der Waals surface area contributed by atoms with Gasteiger partial charge in [0, 0.05) is 30.6 Å². The molecule has 0 saturated heterocycles. The number of carbonyl (C=O) groups excluding carboxylic acids is 3. The lowest BCUT2D eigenvalue weighted by Gasteiger charge is -2.32. The zero-order valence-electron chi connectivity index (χ0n) is 22.3. The minimum absolute atomic E-state index is 0.310. The molecule has 7 nitrogen and oxygen atoms in total. The summed E-state index contributed by atoms with van der Waals surface area (Å²) in [5.74, 6) is -4.29. The van der Waals surface area contributed by atoms with Gasteiger partial charge in [-0.15, -0.1) is 0 Å². The molecule has 0 unspecified atom stereocenters. The van der Waals surface area contributed by atoms with Crippen LogP contribution < -0.4 is 15.5 Å². The van der Waals surface area contributed by atoms with E-state index in [1.807, 2.05) is 48.5 Å². The number of ketones is 1. The van der Waals surface area contributed by atoms with Crippen molar-refractivity contribution in [2.24, 2.45) is 10.9 Å². The van der Waals surface area contributed by atoms with Crippen molar-refractivity contribution < 1.29 is 27.6 Å². The molecule has 10 heteroatoms. The molecule has 3 atom stereocenters. The summed E-state index contributed by atoms with van der Waals surface area (Å²) >= 11 is 0. The first kappa shape index (κ1) is 28.1. The molecule has 0 bridgehead atoms. The average Bonchev–Trinajstić information content (AvgIpc) is 3.07. The van der Waals surface area contributed by atoms with Crippen LogP contribution in [0, 0.1) is 5.92 Å². The Labute approximate surface area is 235 Å². The topological polar surface area (TPSA) is 90.9 Å². The Morgan fingerprint density at radius 2 is 1.71 bits per heavy atom. The fourth-order valence-electron chi connectivity index (χ4n) is 5.54. The van der Waals surface area contributed by atoms with Crippen molar-refractivity contribution in [2.75, 3.05) is 23.3 Å². The Kier molecular flexibility index (Phi) is 7.92. The smallest absolute Gasteiger partial charge is 0.382 e. The van der Waals surface area contributed by atoms with Gasteiger partial charge in [-0.25, -0.2) is 4.99 Å². The van der Waals surface area contributed by atoms with Crippen LogP contribution in [0.1, 0.15) is 42.4 Å². The molecular formula is C31H29F3N4O3. The SMILES string of the molecule is CC(=O)[C@@H](c1ccccc1)[C@@H](CCC(F)(F)F)C(=O)N[C@H]1N=C(c2ccccc2)c2cccc3c2N(CCN3)C1=O. The van der Waals surface area contributed by atoms with Gasteiger partial charge in [0.05, 0.1) is 28.9 Å². The van der Waals surface area contributed by atoms with Crippen LogP contribution in [0.2, 0.25) is 0 Å². The number of aliphatic imine (C=N–C) groups is 1. The largest absolute Gasteiger partial charge is 0.389 e. The standard InChI is InChI=1S/C31H29F3N4O3/c1-19(39)25(20-9-4-2-5-10-20)22(15-16-31(32,33)34)29(40)37-28-30(41)38-18-17-35-24-14-8-13-23(27(24)38)26(36-28)21-11-6-3-7-12-21/h2-14,22,25,28,35H,15-18H2,1H3,(H,37,40)/t22-,25+,28-/m1/s1. The van der Waals surface area contributed by atoms with Gasteiger partial charge in [0.2, 0.25) is 12.1 Å². The second-order valence-electron chi connectivity index (χ2n) is 10.1. The van der Waals surface area contributed by atoms with E-state index in [1.54, 1.807) is 35.2 Å². The van der Waals surface area contributed by atoms with Crippen molar-refractivity contribution in [3.63, 3.8) is 0 Å². The van der Waals surface area contributed by atoms with Gasteiger partial charge in [-0.1, -0.05) is 72.8 Å². The zero-order valence-corrected chi connectivity index (χ0v) is 22.3. The molecule has 3 aromatic carbocycles. The van der Waals surface area contributed by atoms with Crippen LogP contribution in [-0.2, 0) is 14.4 Å². The molecule has 0 radical (unpaired) electrons. The number of nitrogens with zero attached hydrogens (tertiary/aromatic N) is 2. The number of rotatable bonds is 8. The number of halogens is 3. The van der Waals surface area contributed by atoms with E-state index >= 15 is 0 Å². The first-order valence-electron chi connectivity index (χ1n) is 13.4. The van der Waals surface area contributed by atoms with Crippen molar-refractivity contribution in [1.29, 1.82) is 0 Å². The fourth-order valence-corrected chi connectivity index (χ4v) is 5.54. The minimum atomic E-state index is -4.54. The zero-order chi connectivity index (χ0) is 29.1. The predicted octanol–water partition coefficient (Wildman–Crippen LogP) is 5.07. The number of carbonyl (C=O) groups is 3. The van der Waals surface area contributed by atoms with Crippen molar-refractivity contribution in [2.45, 2.75) is 38.0 Å². The quantitative estimate of drug-likeness (QED) is 0.401. The van der Waals surface area contributed by atoms with Crippen LogP contribution in [-0.4, -0.2) is 48.7 Å². The number of Topliss-reactive ketones (excluding diaryl/α,β-unsaturated/α-hetero) is 1. The Morgan fingerprint density at radius 3 is 2.37 bits per heavy atom. The normalized spacial score (nSPS) is 17.9. The summed E-state index contributed by atoms with van der Waals surface area (Å²) in [5.41, 5.74) is 3.65. The maximum absolute atomic E-state index is 13.9. The maximum atomic E-state index is 13.9. The number of nitrogens with one attached hydrogen (secondary N) is 2. The van der Waals surface area contributed by atoms with Crippen molar-refractivity contribution in [3.05, 3.63) is 95.6 Å². The summed E-state index contributed by atoms with van der Waals surface area (Å²) in [6.45, 7) is 2.04. The molecule has 2 amide bonds. The van der Waals surface area contributed by atoms with Crippen LogP contribution in [0.3, 0.4) is 0 Å². The van der Waals surface area contributed by atoms with Crippen molar-refractivity contribution in [1.82, 2.24) is 5.32 Å². The van der Waals surface area contributed by atoms with E-state index in [4.69, 9.17) is 4.99 Å². The lowest BCUT2D eigenvalue weighted by atomic mass is 9.80. The molecule has 41 heavy (non-hydrogen) atoms. The van der Waals surface area contributed by atoms with E-state index in [2.05, 4.69) is 10.6 Å². The number of amides is 2. The highest BCUT2D eigenvalue weighted by atomic mass is 19.4. The highest BCUT2D eigenvalue weighted by Gasteiger charge is 2.41. The summed E-state index contributed by atoms with van der Waals surface area (Å²) < 4.78 is 40.0.